The van der Waals surface area contributed by atoms with Crippen LogP contribution in [0.4, 0.5) is 0 Å². The van der Waals surface area contributed by atoms with Crippen molar-refractivity contribution in [1.29, 1.82) is 0 Å². The van der Waals surface area contributed by atoms with E-state index in [0.717, 1.165) is 24.2 Å². The molecule has 27 heavy (non-hydrogen) atoms. The van der Waals surface area contributed by atoms with E-state index in [1.165, 1.54) is 0 Å². The number of benzene rings is 1. The molecule has 2 heterocycles. The zero-order chi connectivity index (χ0) is 19.4. The topological polar surface area (TPSA) is 66.2 Å². The van der Waals surface area contributed by atoms with Gasteiger partial charge in [-0.25, -0.2) is 0 Å². The Morgan fingerprint density at radius 3 is 2.78 bits per heavy atom. The number of likely N-dealkylation sites (tertiary alicyclic amines) is 1. The lowest BCUT2D eigenvalue weighted by atomic mass is 10.0. The van der Waals surface area contributed by atoms with Gasteiger partial charge in [0, 0.05) is 31.3 Å². The van der Waals surface area contributed by atoms with Gasteiger partial charge in [0.25, 0.3) is 5.91 Å². The minimum Gasteiger partial charge on any atom is -0.497 e. The zero-order valence-electron chi connectivity index (χ0n) is 16.2. The Morgan fingerprint density at radius 2 is 2.07 bits per heavy atom. The number of amides is 1. The SMILES string of the molecule is COc1cccc(-c2ccc(C(=O)N3C[C@@H](CO)CC[C@@H](N(C)C)C3)o2)c1. The molecule has 1 aromatic carbocycles. The van der Waals surface area contributed by atoms with E-state index in [-0.39, 0.29) is 24.5 Å². The number of hydrogen-bond donors (Lipinski definition) is 1. The van der Waals surface area contributed by atoms with Crippen LogP contribution in [0.2, 0.25) is 0 Å². The highest BCUT2D eigenvalue weighted by atomic mass is 16.5. The Hall–Kier alpha value is -2.31. The molecule has 0 bridgehead atoms. The van der Waals surface area contributed by atoms with E-state index in [1.54, 1.807) is 13.2 Å². The molecule has 1 aliphatic rings. The maximum Gasteiger partial charge on any atom is 0.289 e. The van der Waals surface area contributed by atoms with E-state index in [2.05, 4.69) is 4.90 Å². The molecule has 0 saturated carbocycles. The van der Waals surface area contributed by atoms with Crippen LogP contribution in [0.3, 0.4) is 0 Å². The van der Waals surface area contributed by atoms with Gasteiger partial charge in [-0.1, -0.05) is 12.1 Å². The van der Waals surface area contributed by atoms with Gasteiger partial charge in [0.2, 0.25) is 0 Å². The maximum atomic E-state index is 13.1. The number of hydrogen-bond acceptors (Lipinski definition) is 5. The van der Waals surface area contributed by atoms with E-state index in [1.807, 2.05) is 49.3 Å². The van der Waals surface area contributed by atoms with Crippen molar-refractivity contribution >= 4 is 5.91 Å². The highest BCUT2D eigenvalue weighted by Crippen LogP contribution is 2.27. The Balaban J connectivity index is 1.80. The molecule has 3 rings (SSSR count). The van der Waals surface area contributed by atoms with Crippen LogP contribution < -0.4 is 4.74 Å². The Kier molecular flexibility index (Phi) is 6.19. The molecule has 1 aromatic heterocycles. The molecular weight excluding hydrogens is 344 g/mol. The minimum atomic E-state index is -0.128. The average Bonchev–Trinajstić information content (AvgIpc) is 3.07. The van der Waals surface area contributed by atoms with E-state index >= 15 is 0 Å². The molecule has 6 nitrogen and oxygen atoms in total. The first-order chi connectivity index (χ1) is 13.0. The lowest BCUT2D eigenvalue weighted by molar-refractivity contribution is 0.0658. The third-order valence-electron chi connectivity index (χ3n) is 5.26. The molecule has 1 saturated heterocycles. The Bertz CT molecular complexity index is 771. The van der Waals surface area contributed by atoms with Crippen LogP contribution in [0.1, 0.15) is 23.4 Å². The van der Waals surface area contributed by atoms with Crippen LogP contribution in [0.5, 0.6) is 5.75 Å². The van der Waals surface area contributed by atoms with Gasteiger partial charge >= 0.3 is 0 Å². The first kappa shape index (κ1) is 19.5. The molecule has 1 N–H and O–H groups in total. The van der Waals surface area contributed by atoms with Gasteiger partial charge in [-0.15, -0.1) is 0 Å². The Morgan fingerprint density at radius 1 is 1.26 bits per heavy atom. The molecular formula is C21H28N2O4. The van der Waals surface area contributed by atoms with E-state index in [0.29, 0.717) is 24.6 Å². The summed E-state index contributed by atoms with van der Waals surface area (Å²) in [6.45, 7) is 1.28. The second-order valence-corrected chi connectivity index (χ2v) is 7.35. The maximum absolute atomic E-state index is 13.1. The summed E-state index contributed by atoms with van der Waals surface area (Å²) in [6.07, 6.45) is 1.88. The molecule has 2 aromatic rings. The third-order valence-corrected chi connectivity index (χ3v) is 5.26. The number of methoxy groups -OCH3 is 1. The number of rotatable bonds is 5. The number of likely N-dealkylation sites (N-methyl/N-ethyl adjacent to an activating group) is 1. The molecule has 0 spiro atoms. The molecule has 0 unspecified atom stereocenters. The van der Waals surface area contributed by atoms with Crippen molar-refractivity contribution in [2.45, 2.75) is 18.9 Å². The van der Waals surface area contributed by atoms with Crippen LogP contribution in [0, 0.1) is 5.92 Å². The van der Waals surface area contributed by atoms with Crippen molar-refractivity contribution in [2.75, 3.05) is 40.9 Å². The first-order valence-corrected chi connectivity index (χ1v) is 9.32. The number of nitrogens with zero attached hydrogens (tertiary/aromatic N) is 2. The van der Waals surface area contributed by atoms with Crippen molar-refractivity contribution in [3.63, 3.8) is 0 Å². The van der Waals surface area contributed by atoms with Gasteiger partial charge in [-0.2, -0.15) is 0 Å². The normalized spacial score (nSPS) is 20.6. The fraction of sp³-hybridized carbons (Fsp3) is 0.476. The number of furan rings is 1. The van der Waals surface area contributed by atoms with Gasteiger partial charge < -0.3 is 24.1 Å². The number of aliphatic hydroxyl groups is 1. The van der Waals surface area contributed by atoms with E-state index in [4.69, 9.17) is 9.15 Å². The summed E-state index contributed by atoms with van der Waals surface area (Å²) in [4.78, 5) is 17.0. The fourth-order valence-corrected chi connectivity index (χ4v) is 3.53. The van der Waals surface area contributed by atoms with Gasteiger partial charge in [-0.3, -0.25) is 4.79 Å². The van der Waals surface area contributed by atoms with Crippen molar-refractivity contribution in [3.8, 4) is 17.1 Å². The molecule has 1 fully saturated rings. The van der Waals surface area contributed by atoms with Crippen LogP contribution in [0.15, 0.2) is 40.8 Å². The summed E-state index contributed by atoms with van der Waals surface area (Å²) in [6, 6.07) is 11.4. The molecule has 0 aliphatic carbocycles. The smallest absolute Gasteiger partial charge is 0.289 e. The zero-order valence-corrected chi connectivity index (χ0v) is 16.2. The van der Waals surface area contributed by atoms with Gasteiger partial charge in [0.15, 0.2) is 5.76 Å². The molecule has 6 heteroatoms. The summed E-state index contributed by atoms with van der Waals surface area (Å²) in [5.74, 6) is 1.67. The molecule has 1 aliphatic heterocycles. The molecule has 146 valence electrons. The molecule has 0 radical (unpaired) electrons. The van der Waals surface area contributed by atoms with Gasteiger partial charge in [0.1, 0.15) is 11.5 Å². The van der Waals surface area contributed by atoms with Crippen LogP contribution in [-0.4, -0.2) is 67.8 Å². The largest absolute Gasteiger partial charge is 0.497 e. The van der Waals surface area contributed by atoms with Crippen molar-refractivity contribution < 1.29 is 19.1 Å². The molecule has 2 atom stereocenters. The van der Waals surface area contributed by atoms with Crippen LogP contribution in [-0.2, 0) is 0 Å². The number of ether oxygens (including phenoxy) is 1. The van der Waals surface area contributed by atoms with Crippen LogP contribution >= 0.6 is 0 Å². The van der Waals surface area contributed by atoms with Gasteiger partial charge in [0.05, 0.1) is 7.11 Å². The monoisotopic (exact) mass is 372 g/mol. The second kappa shape index (κ2) is 8.59. The number of carbonyl (C=O) groups is 1. The predicted octanol–water partition coefficient (Wildman–Crippen LogP) is 2.73. The van der Waals surface area contributed by atoms with Gasteiger partial charge in [-0.05, 0) is 57.1 Å². The standard InChI is InChI=1S/C21H28N2O4/c1-22(2)17-8-7-15(14-24)12-23(13-17)21(25)20-10-9-19(27-20)16-5-4-6-18(11-16)26-3/h4-6,9-11,15,17,24H,7-8,12-14H2,1-3H3/t15-,17+/m0/s1. The summed E-state index contributed by atoms with van der Waals surface area (Å²) >= 11 is 0. The summed E-state index contributed by atoms with van der Waals surface area (Å²) in [5.41, 5.74) is 0.865. The summed E-state index contributed by atoms with van der Waals surface area (Å²) in [7, 11) is 5.68. The first-order valence-electron chi connectivity index (χ1n) is 9.32. The van der Waals surface area contributed by atoms with E-state index in [9.17, 15) is 9.90 Å². The predicted molar refractivity (Wildman–Crippen MR) is 104 cm³/mol. The fourth-order valence-electron chi connectivity index (χ4n) is 3.53. The lowest BCUT2D eigenvalue weighted by Gasteiger charge is -2.28. The van der Waals surface area contributed by atoms with Crippen molar-refractivity contribution in [3.05, 3.63) is 42.2 Å². The average molecular weight is 372 g/mol. The number of carbonyl (C=O) groups excluding carboxylic acids is 1. The van der Waals surface area contributed by atoms with Crippen molar-refractivity contribution in [1.82, 2.24) is 9.80 Å². The minimum absolute atomic E-state index is 0.0944. The summed E-state index contributed by atoms with van der Waals surface area (Å²) in [5, 5.41) is 9.63. The highest BCUT2D eigenvalue weighted by Gasteiger charge is 2.29. The van der Waals surface area contributed by atoms with Crippen LogP contribution in [0.25, 0.3) is 11.3 Å². The Labute approximate surface area is 160 Å². The highest BCUT2D eigenvalue weighted by molar-refractivity contribution is 5.92. The third kappa shape index (κ3) is 4.51. The number of aliphatic hydroxyl groups excluding tert-OH is 1. The lowest BCUT2D eigenvalue weighted by Crippen LogP contribution is -2.42. The van der Waals surface area contributed by atoms with E-state index < -0.39 is 0 Å². The van der Waals surface area contributed by atoms with Crippen molar-refractivity contribution in [2.24, 2.45) is 5.92 Å². The molecule has 1 amide bonds. The second-order valence-electron chi connectivity index (χ2n) is 7.35. The quantitative estimate of drug-likeness (QED) is 0.874. The summed E-state index contributed by atoms with van der Waals surface area (Å²) < 4.78 is 11.1.